The molecular weight excluding hydrogens is 248 g/mol. The van der Waals surface area contributed by atoms with Gasteiger partial charge in [-0.25, -0.2) is 0 Å². The maximum Gasteiger partial charge on any atom is 0.231 e. The van der Waals surface area contributed by atoms with Gasteiger partial charge in [0.05, 0.1) is 5.92 Å². The minimum atomic E-state index is -0.131. The molecule has 0 aliphatic rings. The summed E-state index contributed by atoms with van der Waals surface area (Å²) in [6, 6.07) is 15.4. The van der Waals surface area contributed by atoms with E-state index in [-0.39, 0.29) is 11.8 Å². The molecule has 1 amide bonds. The van der Waals surface area contributed by atoms with Gasteiger partial charge in [-0.2, -0.15) is 0 Å². The highest BCUT2D eigenvalue weighted by Crippen LogP contribution is 2.23. The van der Waals surface area contributed by atoms with E-state index in [4.69, 9.17) is 5.73 Å². The summed E-state index contributed by atoms with van der Waals surface area (Å²) in [6.45, 7) is 3.96. The number of amides is 1. The lowest BCUT2D eigenvalue weighted by atomic mass is 9.95. The van der Waals surface area contributed by atoms with Crippen LogP contribution in [0.5, 0.6) is 0 Å². The van der Waals surface area contributed by atoms with Crippen molar-refractivity contribution in [3.63, 3.8) is 0 Å². The third kappa shape index (κ3) is 3.18. The van der Waals surface area contributed by atoms with E-state index in [9.17, 15) is 4.79 Å². The second-order valence-corrected chi connectivity index (χ2v) is 4.94. The number of hydrogen-bond acceptors (Lipinski definition) is 2. The number of hydrogen-bond donors (Lipinski definition) is 2. The Morgan fingerprint density at radius 1 is 1.20 bits per heavy atom. The van der Waals surface area contributed by atoms with Crippen LogP contribution in [0.4, 0.5) is 11.4 Å². The fraction of sp³-hybridized carbons (Fsp3) is 0.235. The van der Waals surface area contributed by atoms with E-state index >= 15 is 0 Å². The molecule has 0 fully saturated rings. The number of aryl methyl sites for hydroxylation is 1. The number of anilines is 2. The van der Waals surface area contributed by atoms with Gasteiger partial charge in [0.15, 0.2) is 0 Å². The van der Waals surface area contributed by atoms with Gasteiger partial charge >= 0.3 is 0 Å². The second-order valence-electron chi connectivity index (χ2n) is 4.94. The zero-order valence-electron chi connectivity index (χ0n) is 11.9. The van der Waals surface area contributed by atoms with Gasteiger partial charge in [-0.05, 0) is 42.7 Å². The van der Waals surface area contributed by atoms with Crippen molar-refractivity contribution in [3.8, 4) is 0 Å². The number of nitrogens with two attached hydrogens (primary N) is 1. The van der Waals surface area contributed by atoms with Crippen LogP contribution in [0, 0.1) is 6.92 Å². The molecule has 0 aliphatic carbocycles. The molecule has 3 heteroatoms. The zero-order valence-corrected chi connectivity index (χ0v) is 11.9. The summed E-state index contributed by atoms with van der Waals surface area (Å²) >= 11 is 0. The predicted octanol–water partition coefficient (Wildman–Crippen LogP) is 3.71. The van der Waals surface area contributed by atoms with Gasteiger partial charge in [-0.15, -0.1) is 0 Å². The van der Waals surface area contributed by atoms with Crippen molar-refractivity contribution in [3.05, 3.63) is 59.7 Å². The lowest BCUT2D eigenvalue weighted by Crippen LogP contribution is -2.21. The van der Waals surface area contributed by atoms with Crippen molar-refractivity contribution in [1.82, 2.24) is 0 Å². The highest BCUT2D eigenvalue weighted by Gasteiger charge is 2.18. The standard InChI is InChI=1S/C17H20N2O/c1-3-15(13-7-5-4-6-8-13)17(20)19-16-10-9-14(18)11-12(16)2/h4-11,15H,3,18H2,1-2H3,(H,19,20). The normalized spacial score (nSPS) is 11.9. The average Bonchev–Trinajstić information content (AvgIpc) is 2.44. The molecule has 2 aromatic rings. The third-order valence-electron chi connectivity index (χ3n) is 3.44. The van der Waals surface area contributed by atoms with Crippen LogP contribution in [0.2, 0.25) is 0 Å². The molecule has 0 bridgehead atoms. The molecule has 1 unspecified atom stereocenters. The smallest absolute Gasteiger partial charge is 0.231 e. The Labute approximate surface area is 119 Å². The van der Waals surface area contributed by atoms with E-state index in [1.165, 1.54) is 0 Å². The third-order valence-corrected chi connectivity index (χ3v) is 3.44. The minimum Gasteiger partial charge on any atom is -0.399 e. The van der Waals surface area contributed by atoms with E-state index in [0.717, 1.165) is 23.2 Å². The van der Waals surface area contributed by atoms with Crippen LogP contribution in [0.3, 0.4) is 0 Å². The zero-order chi connectivity index (χ0) is 14.5. The molecular formula is C17H20N2O. The average molecular weight is 268 g/mol. The Bertz CT molecular complexity index is 593. The van der Waals surface area contributed by atoms with Crippen LogP contribution < -0.4 is 11.1 Å². The van der Waals surface area contributed by atoms with Gasteiger partial charge < -0.3 is 11.1 Å². The number of carbonyl (C=O) groups excluding carboxylic acids is 1. The first-order chi connectivity index (χ1) is 9.61. The highest BCUT2D eigenvalue weighted by atomic mass is 16.1. The number of carbonyl (C=O) groups is 1. The minimum absolute atomic E-state index is 0.0200. The first-order valence-electron chi connectivity index (χ1n) is 6.83. The summed E-state index contributed by atoms with van der Waals surface area (Å²) in [4.78, 5) is 12.4. The molecule has 0 radical (unpaired) electrons. The fourth-order valence-corrected chi connectivity index (χ4v) is 2.30. The lowest BCUT2D eigenvalue weighted by molar-refractivity contribution is -0.117. The largest absolute Gasteiger partial charge is 0.399 e. The Kier molecular flexibility index (Phi) is 4.41. The van der Waals surface area contributed by atoms with Gasteiger partial charge in [0.25, 0.3) is 0 Å². The summed E-state index contributed by atoms with van der Waals surface area (Å²) in [5.41, 5.74) is 9.26. The number of nitrogen functional groups attached to an aromatic ring is 1. The summed E-state index contributed by atoms with van der Waals surface area (Å²) in [5, 5.41) is 2.99. The SMILES string of the molecule is CCC(C(=O)Nc1ccc(N)cc1C)c1ccccc1. The first kappa shape index (κ1) is 14.1. The van der Waals surface area contributed by atoms with E-state index in [0.29, 0.717) is 5.69 Å². The first-order valence-corrected chi connectivity index (χ1v) is 6.83. The fourth-order valence-electron chi connectivity index (χ4n) is 2.30. The molecule has 3 N–H and O–H groups in total. The van der Waals surface area contributed by atoms with Gasteiger partial charge in [-0.1, -0.05) is 37.3 Å². The van der Waals surface area contributed by atoms with Crippen LogP contribution in [0.15, 0.2) is 48.5 Å². The van der Waals surface area contributed by atoms with Crippen molar-refractivity contribution < 1.29 is 4.79 Å². The number of nitrogens with one attached hydrogen (secondary N) is 1. The van der Waals surface area contributed by atoms with Crippen LogP contribution >= 0.6 is 0 Å². The number of benzene rings is 2. The summed E-state index contributed by atoms with van der Waals surface area (Å²) in [6.07, 6.45) is 0.768. The number of rotatable bonds is 4. The molecule has 0 saturated heterocycles. The predicted molar refractivity (Wildman–Crippen MR) is 83.7 cm³/mol. The Morgan fingerprint density at radius 3 is 2.50 bits per heavy atom. The van der Waals surface area contributed by atoms with Crippen LogP contribution in [-0.4, -0.2) is 5.91 Å². The van der Waals surface area contributed by atoms with Gasteiger partial charge in [-0.3, -0.25) is 4.79 Å². The summed E-state index contributed by atoms with van der Waals surface area (Å²) in [7, 11) is 0. The molecule has 20 heavy (non-hydrogen) atoms. The topological polar surface area (TPSA) is 55.1 Å². The Balaban J connectivity index is 2.18. The van der Waals surface area contributed by atoms with Crippen LogP contribution in [-0.2, 0) is 4.79 Å². The molecule has 3 nitrogen and oxygen atoms in total. The molecule has 1 atom stereocenters. The monoisotopic (exact) mass is 268 g/mol. The summed E-state index contributed by atoms with van der Waals surface area (Å²) in [5.74, 6) is -0.111. The maximum absolute atomic E-state index is 12.4. The van der Waals surface area contributed by atoms with Crippen molar-refractivity contribution in [2.45, 2.75) is 26.2 Å². The molecule has 2 aromatic carbocycles. The molecule has 104 valence electrons. The molecule has 0 aromatic heterocycles. The highest BCUT2D eigenvalue weighted by molar-refractivity contribution is 5.96. The van der Waals surface area contributed by atoms with Crippen molar-refractivity contribution in [1.29, 1.82) is 0 Å². The van der Waals surface area contributed by atoms with E-state index in [1.54, 1.807) is 6.07 Å². The van der Waals surface area contributed by atoms with Crippen LogP contribution in [0.1, 0.15) is 30.4 Å². The van der Waals surface area contributed by atoms with E-state index in [1.807, 2.05) is 56.3 Å². The Hall–Kier alpha value is -2.29. The van der Waals surface area contributed by atoms with Crippen molar-refractivity contribution in [2.75, 3.05) is 11.1 Å². The van der Waals surface area contributed by atoms with Gasteiger partial charge in [0, 0.05) is 11.4 Å². The lowest BCUT2D eigenvalue weighted by Gasteiger charge is -2.16. The molecule has 2 rings (SSSR count). The molecule has 0 spiro atoms. The van der Waals surface area contributed by atoms with Crippen LogP contribution in [0.25, 0.3) is 0 Å². The van der Waals surface area contributed by atoms with Gasteiger partial charge in [0.2, 0.25) is 5.91 Å². The quantitative estimate of drug-likeness (QED) is 0.830. The van der Waals surface area contributed by atoms with E-state index in [2.05, 4.69) is 5.32 Å². The molecule has 0 heterocycles. The van der Waals surface area contributed by atoms with E-state index < -0.39 is 0 Å². The van der Waals surface area contributed by atoms with Crippen molar-refractivity contribution in [2.24, 2.45) is 0 Å². The van der Waals surface area contributed by atoms with Gasteiger partial charge in [0.1, 0.15) is 0 Å². The summed E-state index contributed by atoms with van der Waals surface area (Å²) < 4.78 is 0. The second kappa shape index (κ2) is 6.24. The van der Waals surface area contributed by atoms with Crippen molar-refractivity contribution >= 4 is 17.3 Å². The maximum atomic E-state index is 12.4. The Morgan fingerprint density at radius 2 is 1.90 bits per heavy atom. The molecule has 0 aliphatic heterocycles. The molecule has 0 saturated carbocycles.